The van der Waals surface area contributed by atoms with Gasteiger partial charge in [-0.05, 0) is 46.3 Å². The molecule has 1 fully saturated rings. The Bertz CT molecular complexity index is 342. The molecule has 0 bridgehead atoms. The average Bonchev–Trinajstić information content (AvgIpc) is 2.81. The van der Waals surface area contributed by atoms with Crippen LogP contribution in [0.2, 0.25) is 0 Å². The lowest BCUT2D eigenvalue weighted by Crippen LogP contribution is -2.41. The second kappa shape index (κ2) is 5.94. The third kappa shape index (κ3) is 3.50. The lowest BCUT2D eigenvalue weighted by molar-refractivity contribution is 0.226. The predicted molar refractivity (Wildman–Crippen MR) is 73.6 cm³/mol. The number of hydrogen-bond acceptors (Lipinski definition) is 4. The molecule has 0 saturated carbocycles. The van der Waals surface area contributed by atoms with Crippen molar-refractivity contribution in [3.05, 3.63) is 16.1 Å². The van der Waals surface area contributed by atoms with Crippen molar-refractivity contribution in [2.24, 2.45) is 0 Å². The summed E-state index contributed by atoms with van der Waals surface area (Å²) in [7, 11) is 2.20. The second-order valence-corrected chi connectivity index (χ2v) is 6.13. The molecular formula is C13H23N3S. The van der Waals surface area contributed by atoms with E-state index < -0.39 is 0 Å². The Morgan fingerprint density at radius 3 is 2.82 bits per heavy atom. The third-order valence-corrected chi connectivity index (χ3v) is 4.82. The van der Waals surface area contributed by atoms with Gasteiger partial charge in [0.1, 0.15) is 5.01 Å². The Hall–Kier alpha value is -0.450. The van der Waals surface area contributed by atoms with Gasteiger partial charge >= 0.3 is 0 Å². The van der Waals surface area contributed by atoms with E-state index in [2.05, 4.69) is 36.1 Å². The summed E-state index contributed by atoms with van der Waals surface area (Å²) in [6.45, 7) is 6.84. The van der Waals surface area contributed by atoms with E-state index in [1.165, 1.54) is 35.8 Å². The minimum absolute atomic E-state index is 0.397. The number of aromatic nitrogens is 1. The normalized spacial score (nSPS) is 20.6. The quantitative estimate of drug-likeness (QED) is 0.893. The van der Waals surface area contributed by atoms with E-state index in [0.717, 1.165) is 6.42 Å². The highest BCUT2D eigenvalue weighted by atomic mass is 32.1. The van der Waals surface area contributed by atoms with Crippen LogP contribution in [0.25, 0.3) is 0 Å². The van der Waals surface area contributed by atoms with Crippen LogP contribution in [-0.4, -0.2) is 36.1 Å². The van der Waals surface area contributed by atoms with Crippen LogP contribution in [0.15, 0.2) is 6.20 Å². The smallest absolute Gasteiger partial charge is 0.109 e. The molecule has 0 radical (unpaired) electrons. The number of thiazole rings is 1. The first-order chi connectivity index (χ1) is 8.19. The summed E-state index contributed by atoms with van der Waals surface area (Å²) in [5.41, 5.74) is 0. The van der Waals surface area contributed by atoms with Crippen LogP contribution in [0.5, 0.6) is 0 Å². The zero-order valence-electron chi connectivity index (χ0n) is 11.1. The van der Waals surface area contributed by atoms with Gasteiger partial charge in [0, 0.05) is 17.1 Å². The monoisotopic (exact) mass is 253 g/mol. The molecule has 1 aromatic heterocycles. The van der Waals surface area contributed by atoms with Crippen molar-refractivity contribution in [1.82, 2.24) is 15.2 Å². The molecule has 0 aromatic carbocycles. The fourth-order valence-electron chi connectivity index (χ4n) is 2.29. The second-order valence-electron chi connectivity index (χ2n) is 4.98. The molecule has 3 nitrogen and oxygen atoms in total. The van der Waals surface area contributed by atoms with Gasteiger partial charge in [-0.1, -0.05) is 6.92 Å². The van der Waals surface area contributed by atoms with Gasteiger partial charge in [-0.15, -0.1) is 11.3 Å². The zero-order valence-corrected chi connectivity index (χ0v) is 11.9. The molecule has 1 aliphatic heterocycles. The van der Waals surface area contributed by atoms with Gasteiger partial charge in [-0.2, -0.15) is 0 Å². The fourth-order valence-corrected chi connectivity index (χ4v) is 3.15. The third-order valence-electron chi connectivity index (χ3n) is 3.49. The molecule has 2 heterocycles. The largest absolute Gasteiger partial charge is 0.306 e. The minimum Gasteiger partial charge on any atom is -0.306 e. The van der Waals surface area contributed by atoms with Crippen molar-refractivity contribution in [2.75, 3.05) is 20.1 Å². The maximum atomic E-state index is 4.51. The van der Waals surface area contributed by atoms with E-state index in [1.54, 1.807) is 0 Å². The molecule has 0 aliphatic carbocycles. The molecule has 0 amide bonds. The van der Waals surface area contributed by atoms with Crippen molar-refractivity contribution in [3.63, 3.8) is 0 Å². The molecule has 96 valence electrons. The van der Waals surface area contributed by atoms with Crippen LogP contribution in [0.4, 0.5) is 0 Å². The molecule has 1 saturated heterocycles. The first-order valence-electron chi connectivity index (χ1n) is 6.58. The number of nitrogens with zero attached hydrogens (tertiary/aromatic N) is 2. The predicted octanol–water partition coefficient (Wildman–Crippen LogP) is 2.45. The topological polar surface area (TPSA) is 28.2 Å². The molecule has 17 heavy (non-hydrogen) atoms. The van der Waals surface area contributed by atoms with Gasteiger partial charge < -0.3 is 10.2 Å². The van der Waals surface area contributed by atoms with Crippen molar-refractivity contribution < 1.29 is 0 Å². The molecule has 0 spiro atoms. The highest BCUT2D eigenvalue weighted by molar-refractivity contribution is 7.11. The summed E-state index contributed by atoms with van der Waals surface area (Å²) in [5, 5.41) is 4.95. The van der Waals surface area contributed by atoms with Gasteiger partial charge in [-0.25, -0.2) is 4.98 Å². The number of nitrogens with one attached hydrogen (secondary N) is 1. The van der Waals surface area contributed by atoms with Crippen molar-refractivity contribution >= 4 is 11.3 Å². The highest BCUT2D eigenvalue weighted by Gasteiger charge is 2.19. The Kier molecular flexibility index (Phi) is 4.54. The van der Waals surface area contributed by atoms with Crippen LogP contribution < -0.4 is 5.32 Å². The van der Waals surface area contributed by atoms with Crippen molar-refractivity contribution in [3.8, 4) is 0 Å². The van der Waals surface area contributed by atoms with E-state index in [9.17, 15) is 0 Å². The van der Waals surface area contributed by atoms with Crippen LogP contribution in [0.3, 0.4) is 0 Å². The standard InChI is InChI=1S/C13H23N3S/c1-4-12-9-14-13(17-12)10(2)15-11-5-7-16(3)8-6-11/h9-11,15H,4-8H2,1-3H3. The van der Waals surface area contributed by atoms with Gasteiger partial charge in [0.15, 0.2) is 0 Å². The first-order valence-corrected chi connectivity index (χ1v) is 7.40. The van der Waals surface area contributed by atoms with E-state index in [1.807, 2.05) is 17.5 Å². The maximum Gasteiger partial charge on any atom is 0.109 e. The molecule has 1 unspecified atom stereocenters. The summed E-state index contributed by atoms with van der Waals surface area (Å²) in [6, 6.07) is 1.06. The SMILES string of the molecule is CCc1cnc(C(C)NC2CCN(C)CC2)s1. The van der Waals surface area contributed by atoms with Gasteiger partial charge in [0.2, 0.25) is 0 Å². The van der Waals surface area contributed by atoms with Crippen molar-refractivity contribution in [2.45, 2.75) is 45.2 Å². The Morgan fingerprint density at radius 1 is 1.53 bits per heavy atom. The minimum atomic E-state index is 0.397. The zero-order chi connectivity index (χ0) is 12.3. The number of aryl methyl sites for hydroxylation is 1. The number of rotatable bonds is 4. The molecule has 2 rings (SSSR count). The average molecular weight is 253 g/mol. The molecule has 1 atom stereocenters. The van der Waals surface area contributed by atoms with Gasteiger partial charge in [0.25, 0.3) is 0 Å². The summed E-state index contributed by atoms with van der Waals surface area (Å²) < 4.78 is 0. The van der Waals surface area contributed by atoms with Gasteiger partial charge in [0.05, 0.1) is 6.04 Å². The molecule has 1 N–H and O–H groups in total. The molecule has 1 aliphatic rings. The van der Waals surface area contributed by atoms with Crippen LogP contribution in [0.1, 0.15) is 42.6 Å². The maximum absolute atomic E-state index is 4.51. The number of hydrogen-bond donors (Lipinski definition) is 1. The molecular weight excluding hydrogens is 230 g/mol. The summed E-state index contributed by atoms with van der Waals surface area (Å²) in [6.07, 6.45) is 5.63. The van der Waals surface area contributed by atoms with Crippen molar-refractivity contribution in [1.29, 1.82) is 0 Å². The molecule has 4 heteroatoms. The van der Waals surface area contributed by atoms with E-state index in [-0.39, 0.29) is 0 Å². The number of piperidine rings is 1. The Labute approximate surface area is 108 Å². The van der Waals surface area contributed by atoms with Crippen LogP contribution in [0, 0.1) is 0 Å². The lowest BCUT2D eigenvalue weighted by Gasteiger charge is -2.31. The lowest BCUT2D eigenvalue weighted by atomic mass is 10.0. The van der Waals surface area contributed by atoms with E-state index in [0.29, 0.717) is 12.1 Å². The van der Waals surface area contributed by atoms with E-state index in [4.69, 9.17) is 0 Å². The molecule has 1 aromatic rings. The summed E-state index contributed by atoms with van der Waals surface area (Å²) in [5.74, 6) is 0. The summed E-state index contributed by atoms with van der Waals surface area (Å²) in [4.78, 5) is 8.30. The summed E-state index contributed by atoms with van der Waals surface area (Å²) >= 11 is 1.85. The van der Waals surface area contributed by atoms with E-state index >= 15 is 0 Å². The Morgan fingerprint density at radius 2 is 2.24 bits per heavy atom. The highest BCUT2D eigenvalue weighted by Crippen LogP contribution is 2.22. The van der Waals surface area contributed by atoms with Crippen LogP contribution in [-0.2, 0) is 6.42 Å². The fraction of sp³-hybridized carbons (Fsp3) is 0.769. The van der Waals surface area contributed by atoms with Gasteiger partial charge in [-0.3, -0.25) is 0 Å². The Balaban J connectivity index is 1.86. The van der Waals surface area contributed by atoms with Crippen LogP contribution >= 0.6 is 11.3 Å². The number of likely N-dealkylation sites (tertiary alicyclic amines) is 1. The first kappa shape index (κ1) is 13.0.